The van der Waals surface area contributed by atoms with Crippen LogP contribution in [0.5, 0.6) is 0 Å². The van der Waals surface area contributed by atoms with Crippen LogP contribution < -0.4 is 11.2 Å². The minimum Gasteiger partial charge on any atom is -0.443 e. The molecule has 8 nitrogen and oxygen atoms in total. The molecule has 1 aliphatic rings. The Hall–Kier alpha value is -2.45. The van der Waals surface area contributed by atoms with Gasteiger partial charge in [-0.2, -0.15) is 0 Å². The van der Waals surface area contributed by atoms with Crippen molar-refractivity contribution in [3.63, 3.8) is 0 Å². The molecular weight excluding hydrogens is 367 g/mol. The molecule has 1 unspecified atom stereocenters. The average Bonchev–Trinajstić information content (AvgIpc) is 3.22. The summed E-state index contributed by atoms with van der Waals surface area (Å²) in [6.07, 6.45) is 2.57. The van der Waals surface area contributed by atoms with Crippen LogP contribution in [0.25, 0.3) is 11.2 Å². The predicted molar refractivity (Wildman–Crippen MR) is 102 cm³/mol. The number of imidazole rings is 1. The molecule has 154 valence electrons. The van der Waals surface area contributed by atoms with Gasteiger partial charge in [-0.1, -0.05) is 12.8 Å². The Morgan fingerprint density at radius 3 is 2.50 bits per heavy atom. The van der Waals surface area contributed by atoms with Gasteiger partial charge in [0, 0.05) is 5.92 Å². The highest BCUT2D eigenvalue weighted by Crippen LogP contribution is 2.34. The van der Waals surface area contributed by atoms with Gasteiger partial charge in [0.1, 0.15) is 12.0 Å². The molecule has 0 aromatic carbocycles. The van der Waals surface area contributed by atoms with Crippen LogP contribution in [-0.4, -0.2) is 31.2 Å². The molecule has 0 radical (unpaired) electrons. The number of carbonyl (C=O) groups is 1. The summed E-state index contributed by atoms with van der Waals surface area (Å²) in [6.45, 7) is 5.98. The highest BCUT2D eigenvalue weighted by Gasteiger charge is 2.28. The van der Waals surface area contributed by atoms with E-state index in [0.717, 1.165) is 30.3 Å². The van der Waals surface area contributed by atoms with Gasteiger partial charge in [-0.3, -0.25) is 23.7 Å². The maximum Gasteiger partial charge on any atom is 0.330 e. The standard InChI is InChI=1S/C19H27FN4O4/c1-11(20)9-23-16(25)13-14(22-18(23)27)21-15(12-7-5-6-8-12)24(13)10-28-17(26)19(2,3)4/h11-12H,5-10H2,1-4H3,(H,22,27). The van der Waals surface area contributed by atoms with Gasteiger partial charge in [0.2, 0.25) is 0 Å². The van der Waals surface area contributed by atoms with Crippen LogP contribution in [0.15, 0.2) is 9.59 Å². The van der Waals surface area contributed by atoms with Gasteiger partial charge in [0.05, 0.1) is 12.0 Å². The molecule has 28 heavy (non-hydrogen) atoms. The van der Waals surface area contributed by atoms with Crippen LogP contribution >= 0.6 is 0 Å². The number of aromatic nitrogens is 4. The number of aromatic amines is 1. The van der Waals surface area contributed by atoms with Gasteiger partial charge in [0.25, 0.3) is 5.56 Å². The van der Waals surface area contributed by atoms with Crippen molar-refractivity contribution in [2.24, 2.45) is 5.41 Å². The first kappa shape index (κ1) is 20.3. The van der Waals surface area contributed by atoms with Gasteiger partial charge >= 0.3 is 11.7 Å². The van der Waals surface area contributed by atoms with Crippen molar-refractivity contribution < 1.29 is 13.9 Å². The fourth-order valence-electron chi connectivity index (χ4n) is 3.55. The smallest absolute Gasteiger partial charge is 0.330 e. The zero-order chi connectivity index (χ0) is 20.6. The van der Waals surface area contributed by atoms with E-state index in [0.29, 0.717) is 5.82 Å². The molecule has 2 aromatic rings. The maximum atomic E-state index is 13.5. The van der Waals surface area contributed by atoms with Gasteiger partial charge < -0.3 is 4.74 Å². The van der Waals surface area contributed by atoms with E-state index >= 15 is 0 Å². The Bertz CT molecular complexity index is 990. The van der Waals surface area contributed by atoms with Crippen LogP contribution in [0.3, 0.4) is 0 Å². The number of ether oxygens (including phenoxy) is 1. The number of nitrogens with one attached hydrogen (secondary N) is 1. The molecule has 2 heterocycles. The summed E-state index contributed by atoms with van der Waals surface area (Å²) in [6, 6.07) is 0. The second kappa shape index (κ2) is 7.52. The summed E-state index contributed by atoms with van der Waals surface area (Å²) >= 11 is 0. The van der Waals surface area contributed by atoms with Gasteiger partial charge in [-0.05, 0) is 40.5 Å². The number of hydrogen-bond donors (Lipinski definition) is 1. The molecule has 0 aliphatic heterocycles. The van der Waals surface area contributed by atoms with Crippen LogP contribution in [-0.2, 0) is 22.8 Å². The SMILES string of the molecule is CC(F)Cn1c(=O)[nH]c2nc(C3CCCC3)n(COC(=O)C(C)(C)C)c2c1=O. The lowest BCUT2D eigenvalue weighted by Gasteiger charge is -2.19. The molecular formula is C19H27FN4O4. The molecule has 3 rings (SSSR count). The van der Waals surface area contributed by atoms with Crippen LogP contribution in [0.4, 0.5) is 4.39 Å². The quantitative estimate of drug-likeness (QED) is 0.786. The van der Waals surface area contributed by atoms with E-state index in [2.05, 4.69) is 9.97 Å². The van der Waals surface area contributed by atoms with E-state index in [-0.39, 0.29) is 30.4 Å². The first-order valence-corrected chi connectivity index (χ1v) is 9.64. The van der Waals surface area contributed by atoms with E-state index in [4.69, 9.17) is 4.74 Å². The summed E-state index contributed by atoms with van der Waals surface area (Å²) in [5, 5.41) is 0. The first-order valence-electron chi connectivity index (χ1n) is 9.64. The second-order valence-corrected chi connectivity index (χ2v) is 8.51. The summed E-state index contributed by atoms with van der Waals surface area (Å²) in [5.41, 5.74) is -1.75. The lowest BCUT2D eigenvalue weighted by atomic mass is 9.98. The van der Waals surface area contributed by atoms with Gasteiger partial charge in [0.15, 0.2) is 17.9 Å². The summed E-state index contributed by atoms with van der Waals surface area (Å²) in [7, 11) is 0. The Morgan fingerprint density at radius 1 is 1.29 bits per heavy atom. The average molecular weight is 394 g/mol. The van der Waals surface area contributed by atoms with Crippen LogP contribution in [0.2, 0.25) is 0 Å². The van der Waals surface area contributed by atoms with Crippen molar-refractivity contribution >= 4 is 17.1 Å². The number of hydrogen-bond acceptors (Lipinski definition) is 5. The zero-order valence-corrected chi connectivity index (χ0v) is 16.7. The highest BCUT2D eigenvalue weighted by molar-refractivity contribution is 5.75. The van der Waals surface area contributed by atoms with Crippen LogP contribution in [0, 0.1) is 5.41 Å². The molecule has 9 heteroatoms. The number of H-pyrrole nitrogens is 1. The van der Waals surface area contributed by atoms with Crippen molar-refractivity contribution in [1.29, 1.82) is 0 Å². The fourth-order valence-corrected chi connectivity index (χ4v) is 3.55. The number of esters is 1. The van der Waals surface area contributed by atoms with Crippen molar-refractivity contribution in [3.05, 3.63) is 26.7 Å². The number of halogens is 1. The minimum atomic E-state index is -1.36. The third-order valence-electron chi connectivity index (χ3n) is 5.01. The number of carbonyl (C=O) groups excluding carboxylic acids is 1. The first-order chi connectivity index (χ1) is 13.1. The van der Waals surface area contributed by atoms with Crippen molar-refractivity contribution in [2.45, 2.75) is 78.7 Å². The largest absolute Gasteiger partial charge is 0.443 e. The molecule has 2 aromatic heterocycles. The fraction of sp³-hybridized carbons (Fsp3) is 0.684. The third kappa shape index (κ3) is 3.88. The molecule has 0 amide bonds. The molecule has 1 N–H and O–H groups in total. The van der Waals surface area contributed by atoms with Crippen molar-refractivity contribution in [1.82, 2.24) is 19.1 Å². The predicted octanol–water partition coefficient (Wildman–Crippen LogP) is 2.45. The summed E-state index contributed by atoms with van der Waals surface area (Å²) in [4.78, 5) is 44.5. The summed E-state index contributed by atoms with van der Waals surface area (Å²) < 4.78 is 21.3. The topological polar surface area (TPSA) is 99.0 Å². The zero-order valence-electron chi connectivity index (χ0n) is 16.7. The van der Waals surface area contributed by atoms with E-state index in [1.807, 2.05) is 0 Å². The number of alkyl halides is 1. The molecule has 1 saturated carbocycles. The van der Waals surface area contributed by atoms with E-state index in [9.17, 15) is 18.8 Å². The number of fused-ring (bicyclic) bond motifs is 1. The molecule has 1 fully saturated rings. The lowest BCUT2D eigenvalue weighted by molar-refractivity contribution is -0.156. The summed E-state index contributed by atoms with van der Waals surface area (Å²) in [5.74, 6) is 0.332. The minimum absolute atomic E-state index is 0.122. The van der Waals surface area contributed by atoms with Crippen molar-refractivity contribution in [2.75, 3.05) is 0 Å². The van der Waals surface area contributed by atoms with E-state index in [1.54, 1.807) is 25.3 Å². The molecule has 0 bridgehead atoms. The van der Waals surface area contributed by atoms with Gasteiger partial charge in [-0.15, -0.1) is 0 Å². The van der Waals surface area contributed by atoms with Crippen LogP contribution in [0.1, 0.15) is 65.1 Å². The number of nitrogens with zero attached hydrogens (tertiary/aromatic N) is 3. The Kier molecular flexibility index (Phi) is 5.45. The number of rotatable bonds is 5. The normalized spacial score (nSPS) is 16.6. The molecule has 0 spiro atoms. The molecule has 1 atom stereocenters. The maximum absolute atomic E-state index is 13.5. The lowest BCUT2D eigenvalue weighted by Crippen LogP contribution is -2.38. The molecule has 1 aliphatic carbocycles. The van der Waals surface area contributed by atoms with Gasteiger partial charge in [-0.25, -0.2) is 14.2 Å². The Labute approximate surface area is 161 Å². The Morgan fingerprint density at radius 2 is 1.93 bits per heavy atom. The van der Waals surface area contributed by atoms with E-state index < -0.39 is 28.8 Å². The second-order valence-electron chi connectivity index (χ2n) is 8.51. The molecule has 0 saturated heterocycles. The third-order valence-corrected chi connectivity index (χ3v) is 5.01. The van der Waals surface area contributed by atoms with E-state index in [1.165, 1.54) is 6.92 Å². The Balaban J connectivity index is 2.13. The highest BCUT2D eigenvalue weighted by atomic mass is 19.1. The monoisotopic (exact) mass is 394 g/mol. The van der Waals surface area contributed by atoms with Crippen molar-refractivity contribution in [3.8, 4) is 0 Å².